The number of benzene rings is 1. The van der Waals surface area contributed by atoms with E-state index >= 15 is 0 Å². The molecule has 8 nitrogen and oxygen atoms in total. The number of fused-ring (bicyclic) bond motifs is 1. The molecule has 0 radical (unpaired) electrons. The molecule has 24 heavy (non-hydrogen) atoms. The second-order valence-corrected chi connectivity index (χ2v) is 6.52. The lowest BCUT2D eigenvalue weighted by atomic mass is 10.2. The van der Waals surface area contributed by atoms with Gasteiger partial charge >= 0.3 is 0 Å². The van der Waals surface area contributed by atoms with E-state index in [1.165, 1.54) is 11.8 Å². The van der Waals surface area contributed by atoms with Crippen molar-refractivity contribution in [3.8, 4) is 11.5 Å². The van der Waals surface area contributed by atoms with Gasteiger partial charge in [-0.25, -0.2) is 4.68 Å². The number of thioether (sulfide) groups is 1. The van der Waals surface area contributed by atoms with Crippen molar-refractivity contribution in [1.82, 2.24) is 20.2 Å². The highest BCUT2D eigenvalue weighted by molar-refractivity contribution is 7.99. The Morgan fingerprint density at radius 1 is 1.33 bits per heavy atom. The predicted octanol–water partition coefficient (Wildman–Crippen LogP) is 1.90. The number of carbonyl (C=O) groups is 1. The fourth-order valence-electron chi connectivity index (χ4n) is 2.26. The molecule has 1 aliphatic rings. The van der Waals surface area contributed by atoms with Crippen molar-refractivity contribution in [3.63, 3.8) is 0 Å². The minimum absolute atomic E-state index is 0.0831. The van der Waals surface area contributed by atoms with Crippen molar-refractivity contribution >= 4 is 23.4 Å². The van der Waals surface area contributed by atoms with Gasteiger partial charge in [0.2, 0.25) is 5.91 Å². The summed E-state index contributed by atoms with van der Waals surface area (Å²) in [7, 11) is 0. The number of hydrogen-bond acceptors (Lipinski definition) is 7. The van der Waals surface area contributed by atoms with Crippen molar-refractivity contribution in [1.29, 1.82) is 0 Å². The largest absolute Gasteiger partial charge is 0.486 e. The monoisotopic (exact) mass is 349 g/mol. The number of nitrogens with one attached hydrogen (secondary N) is 1. The molecular weight excluding hydrogens is 330 g/mol. The van der Waals surface area contributed by atoms with E-state index in [9.17, 15) is 4.79 Å². The van der Waals surface area contributed by atoms with E-state index in [4.69, 9.17) is 9.47 Å². The summed E-state index contributed by atoms with van der Waals surface area (Å²) in [5.74, 6) is 2.94. The molecular formula is C15H19N5O3S. The number of nitrogens with zero attached hydrogens (tertiary/aromatic N) is 4. The van der Waals surface area contributed by atoms with Crippen LogP contribution in [0.3, 0.4) is 0 Å². The van der Waals surface area contributed by atoms with Gasteiger partial charge in [0.15, 0.2) is 17.3 Å². The molecule has 0 atom stereocenters. The molecule has 1 aromatic heterocycles. The van der Waals surface area contributed by atoms with Crippen molar-refractivity contribution in [3.05, 3.63) is 24.0 Å². The van der Waals surface area contributed by atoms with Gasteiger partial charge in [-0.1, -0.05) is 0 Å². The van der Waals surface area contributed by atoms with E-state index in [2.05, 4.69) is 20.8 Å². The van der Waals surface area contributed by atoms with Crippen LogP contribution in [-0.4, -0.2) is 45.1 Å². The molecule has 0 aliphatic carbocycles. The van der Waals surface area contributed by atoms with Gasteiger partial charge in [0.05, 0.1) is 17.5 Å². The zero-order valence-electron chi connectivity index (χ0n) is 13.6. The van der Waals surface area contributed by atoms with Crippen molar-refractivity contribution < 1.29 is 14.3 Å². The number of anilines is 1. The SMILES string of the molecule is CC(C)n1nnnc1CSCC(=O)Nc1ccc2c(c1)OCCO2. The number of tetrazole rings is 1. The molecule has 2 aromatic rings. The lowest BCUT2D eigenvalue weighted by Gasteiger charge is -2.19. The maximum Gasteiger partial charge on any atom is 0.234 e. The number of aromatic nitrogens is 4. The van der Waals surface area contributed by atoms with Crippen LogP contribution >= 0.6 is 11.8 Å². The minimum atomic E-state index is -0.0831. The Morgan fingerprint density at radius 2 is 2.12 bits per heavy atom. The summed E-state index contributed by atoms with van der Waals surface area (Å²) in [6.45, 7) is 5.09. The molecule has 0 bridgehead atoms. The summed E-state index contributed by atoms with van der Waals surface area (Å²) in [4.78, 5) is 12.1. The van der Waals surface area contributed by atoms with Crippen LogP contribution < -0.4 is 14.8 Å². The molecule has 1 aromatic carbocycles. The van der Waals surface area contributed by atoms with E-state index in [1.54, 1.807) is 22.9 Å². The molecule has 1 aliphatic heterocycles. The lowest BCUT2D eigenvalue weighted by Crippen LogP contribution is -2.17. The fraction of sp³-hybridized carbons (Fsp3) is 0.467. The summed E-state index contributed by atoms with van der Waals surface area (Å²) in [5, 5.41) is 14.5. The lowest BCUT2D eigenvalue weighted by molar-refractivity contribution is -0.113. The summed E-state index contributed by atoms with van der Waals surface area (Å²) in [6.07, 6.45) is 0. The van der Waals surface area contributed by atoms with E-state index in [1.807, 2.05) is 13.8 Å². The van der Waals surface area contributed by atoms with Gasteiger partial charge in [0, 0.05) is 11.8 Å². The van der Waals surface area contributed by atoms with Gasteiger partial charge in [-0.3, -0.25) is 4.79 Å². The van der Waals surface area contributed by atoms with Gasteiger partial charge in [0.1, 0.15) is 13.2 Å². The quantitative estimate of drug-likeness (QED) is 0.851. The van der Waals surface area contributed by atoms with Crippen LogP contribution in [0, 0.1) is 0 Å². The van der Waals surface area contributed by atoms with Crippen LogP contribution in [0.5, 0.6) is 11.5 Å². The average molecular weight is 349 g/mol. The van der Waals surface area contributed by atoms with E-state index < -0.39 is 0 Å². The van der Waals surface area contributed by atoms with E-state index in [0.29, 0.717) is 41.9 Å². The van der Waals surface area contributed by atoms with Crippen LogP contribution in [0.2, 0.25) is 0 Å². The topological polar surface area (TPSA) is 91.2 Å². The maximum absolute atomic E-state index is 12.1. The molecule has 1 amide bonds. The van der Waals surface area contributed by atoms with Crippen molar-refractivity contribution in [2.75, 3.05) is 24.3 Å². The molecule has 0 saturated carbocycles. The molecule has 2 heterocycles. The van der Waals surface area contributed by atoms with Crippen LogP contribution in [0.15, 0.2) is 18.2 Å². The van der Waals surface area contributed by atoms with E-state index in [-0.39, 0.29) is 11.9 Å². The third-order valence-corrected chi connectivity index (χ3v) is 4.27. The average Bonchev–Trinajstić information content (AvgIpc) is 3.03. The van der Waals surface area contributed by atoms with Gasteiger partial charge in [-0.05, 0) is 36.4 Å². The number of amides is 1. The summed E-state index contributed by atoms with van der Waals surface area (Å²) < 4.78 is 12.7. The number of rotatable bonds is 6. The second-order valence-electron chi connectivity index (χ2n) is 5.53. The standard InChI is InChI=1S/C15H19N5O3S/c1-10(2)20-14(17-18-19-20)8-24-9-15(21)16-11-3-4-12-13(7-11)23-6-5-22-12/h3-4,7,10H,5-6,8-9H2,1-2H3,(H,16,21). The maximum atomic E-state index is 12.1. The first-order valence-corrected chi connectivity index (χ1v) is 8.83. The van der Waals surface area contributed by atoms with Crippen molar-refractivity contribution in [2.45, 2.75) is 25.6 Å². The zero-order valence-corrected chi connectivity index (χ0v) is 14.4. The van der Waals surface area contributed by atoms with Crippen LogP contribution in [0.4, 0.5) is 5.69 Å². The molecule has 0 fully saturated rings. The Morgan fingerprint density at radius 3 is 2.92 bits per heavy atom. The zero-order chi connectivity index (χ0) is 16.9. The fourth-order valence-corrected chi connectivity index (χ4v) is 2.99. The van der Waals surface area contributed by atoms with Gasteiger partial charge in [0.25, 0.3) is 0 Å². The first-order chi connectivity index (χ1) is 11.6. The van der Waals surface area contributed by atoms with E-state index in [0.717, 1.165) is 5.82 Å². The smallest absolute Gasteiger partial charge is 0.234 e. The number of ether oxygens (including phenoxy) is 2. The Hall–Kier alpha value is -2.29. The number of carbonyl (C=O) groups excluding carboxylic acids is 1. The van der Waals surface area contributed by atoms with Crippen LogP contribution in [0.1, 0.15) is 25.7 Å². The third-order valence-electron chi connectivity index (χ3n) is 3.34. The highest BCUT2D eigenvalue weighted by Crippen LogP contribution is 2.32. The molecule has 1 N–H and O–H groups in total. The second kappa shape index (κ2) is 7.52. The highest BCUT2D eigenvalue weighted by atomic mass is 32.2. The normalized spacial score (nSPS) is 13.1. The molecule has 128 valence electrons. The van der Waals surface area contributed by atoms with Gasteiger partial charge < -0.3 is 14.8 Å². The van der Waals surface area contributed by atoms with Gasteiger partial charge in [-0.15, -0.1) is 16.9 Å². The Labute approximate surface area is 143 Å². The summed E-state index contributed by atoms with van der Waals surface area (Å²) in [6, 6.07) is 5.57. The summed E-state index contributed by atoms with van der Waals surface area (Å²) in [5.41, 5.74) is 0.692. The Kier molecular flexibility index (Phi) is 5.19. The highest BCUT2D eigenvalue weighted by Gasteiger charge is 2.13. The van der Waals surface area contributed by atoms with Crippen LogP contribution in [-0.2, 0) is 10.5 Å². The van der Waals surface area contributed by atoms with Crippen LogP contribution in [0.25, 0.3) is 0 Å². The molecule has 0 unspecified atom stereocenters. The molecule has 0 saturated heterocycles. The third kappa shape index (κ3) is 3.97. The predicted molar refractivity (Wildman–Crippen MR) is 90.4 cm³/mol. The molecule has 3 rings (SSSR count). The molecule has 0 spiro atoms. The summed E-state index contributed by atoms with van der Waals surface area (Å²) >= 11 is 1.47. The van der Waals surface area contributed by atoms with Gasteiger partial charge in [-0.2, -0.15) is 0 Å². The Bertz CT molecular complexity index is 719. The first kappa shape index (κ1) is 16.6. The molecule has 9 heteroatoms. The van der Waals surface area contributed by atoms with Crippen molar-refractivity contribution in [2.24, 2.45) is 0 Å². The first-order valence-electron chi connectivity index (χ1n) is 7.67. The Balaban J connectivity index is 1.50. The number of hydrogen-bond donors (Lipinski definition) is 1. The minimum Gasteiger partial charge on any atom is -0.486 e.